The molecule has 1 unspecified atom stereocenters. The summed E-state index contributed by atoms with van der Waals surface area (Å²) >= 11 is 0. The molecule has 0 bridgehead atoms. The molecule has 1 atom stereocenters. The second-order valence-electron chi connectivity index (χ2n) is 4.53. The summed E-state index contributed by atoms with van der Waals surface area (Å²) in [5.41, 5.74) is 0.810. The molecule has 0 fully saturated rings. The fourth-order valence-electron chi connectivity index (χ4n) is 1.96. The molecule has 1 aliphatic rings. The molecule has 1 aromatic rings. The van der Waals surface area contributed by atoms with Crippen molar-refractivity contribution in [2.45, 2.75) is 32.3 Å². The zero-order valence-electron chi connectivity index (χ0n) is 11.0. The summed E-state index contributed by atoms with van der Waals surface area (Å²) in [4.78, 5) is 34.0. The molecule has 0 aliphatic carbocycles. The van der Waals surface area contributed by atoms with E-state index in [4.69, 9.17) is 9.84 Å². The minimum Gasteiger partial charge on any atom is -0.481 e. The number of carboxylic acid groups (broad SMARTS) is 1. The van der Waals surface area contributed by atoms with Crippen LogP contribution in [0.3, 0.4) is 0 Å². The number of ether oxygens (including phenoxy) is 1. The van der Waals surface area contributed by atoms with Crippen LogP contribution < -0.4 is 10.1 Å². The topological polar surface area (TPSA) is 92.7 Å². The normalized spacial score (nSPS) is 16.9. The van der Waals surface area contributed by atoms with Gasteiger partial charge in [0.15, 0.2) is 11.9 Å². The Bertz CT molecular complexity index is 567. The molecule has 1 heterocycles. The van der Waals surface area contributed by atoms with Gasteiger partial charge < -0.3 is 15.2 Å². The molecule has 0 radical (unpaired) electrons. The lowest BCUT2D eigenvalue weighted by Gasteiger charge is -2.25. The number of rotatable bonds is 5. The van der Waals surface area contributed by atoms with Gasteiger partial charge in [0.05, 0.1) is 12.1 Å². The molecule has 0 aromatic heterocycles. The summed E-state index contributed by atoms with van der Waals surface area (Å²) in [5, 5.41) is 11.3. The molecule has 6 nitrogen and oxygen atoms in total. The van der Waals surface area contributed by atoms with Gasteiger partial charge in [0.2, 0.25) is 0 Å². The summed E-state index contributed by atoms with van der Waals surface area (Å²) in [7, 11) is 0. The number of Topliss-reactive ketones (excluding diaryl/α,β-unsaturated/α-hetero) is 1. The van der Waals surface area contributed by atoms with Crippen LogP contribution in [0, 0.1) is 0 Å². The largest absolute Gasteiger partial charge is 0.481 e. The highest BCUT2D eigenvalue weighted by Crippen LogP contribution is 2.31. The van der Waals surface area contributed by atoms with Crippen LogP contribution in [0.15, 0.2) is 18.2 Å². The Morgan fingerprint density at radius 2 is 2.10 bits per heavy atom. The summed E-state index contributed by atoms with van der Waals surface area (Å²) in [6.45, 7) is 1.85. The second kappa shape index (κ2) is 5.73. The highest BCUT2D eigenvalue weighted by Gasteiger charge is 2.26. The number of amides is 1. The number of fused-ring (bicyclic) bond motifs is 1. The molecule has 1 aromatic carbocycles. The van der Waals surface area contributed by atoms with E-state index in [0.29, 0.717) is 23.4 Å². The number of carbonyl (C=O) groups excluding carboxylic acids is 2. The lowest BCUT2D eigenvalue weighted by atomic mass is 10.0. The molecule has 0 spiro atoms. The predicted octanol–water partition coefficient (Wildman–Crippen LogP) is 1.84. The molecule has 20 heavy (non-hydrogen) atoms. The van der Waals surface area contributed by atoms with Gasteiger partial charge in [0.1, 0.15) is 5.75 Å². The summed E-state index contributed by atoms with van der Waals surface area (Å²) in [6, 6.07) is 4.71. The predicted molar refractivity (Wildman–Crippen MR) is 71.0 cm³/mol. The Hall–Kier alpha value is -2.37. The maximum atomic E-state index is 11.8. The third kappa shape index (κ3) is 2.96. The maximum Gasteiger partial charge on any atom is 0.303 e. The third-order valence-electron chi connectivity index (χ3n) is 3.06. The van der Waals surface area contributed by atoms with Crippen molar-refractivity contribution in [3.05, 3.63) is 23.8 Å². The Morgan fingerprint density at radius 1 is 1.35 bits per heavy atom. The van der Waals surface area contributed by atoms with Crippen molar-refractivity contribution in [3.63, 3.8) is 0 Å². The SMILES string of the molecule is CCC1Oc2ccc(C(=O)CCC(=O)O)cc2NC1=O. The lowest BCUT2D eigenvalue weighted by molar-refractivity contribution is -0.137. The number of ketones is 1. The Labute approximate surface area is 115 Å². The molecule has 1 aliphatic heterocycles. The number of benzene rings is 1. The van der Waals surface area contributed by atoms with Gasteiger partial charge in [0, 0.05) is 12.0 Å². The van der Waals surface area contributed by atoms with E-state index >= 15 is 0 Å². The van der Waals surface area contributed by atoms with Gasteiger partial charge in [-0.3, -0.25) is 14.4 Å². The van der Waals surface area contributed by atoms with Crippen molar-refractivity contribution < 1.29 is 24.2 Å². The number of hydrogen-bond acceptors (Lipinski definition) is 4. The first-order valence-electron chi connectivity index (χ1n) is 6.37. The smallest absolute Gasteiger partial charge is 0.303 e. The van der Waals surface area contributed by atoms with E-state index in [-0.39, 0.29) is 24.5 Å². The number of aliphatic carboxylic acids is 1. The summed E-state index contributed by atoms with van der Waals surface area (Å²) in [6.07, 6.45) is -0.238. The van der Waals surface area contributed by atoms with Crippen LogP contribution in [0.1, 0.15) is 36.5 Å². The van der Waals surface area contributed by atoms with E-state index in [1.165, 1.54) is 6.07 Å². The van der Waals surface area contributed by atoms with Crippen molar-refractivity contribution >= 4 is 23.3 Å². The Balaban J connectivity index is 2.16. The van der Waals surface area contributed by atoms with Crippen LogP contribution in [-0.4, -0.2) is 28.9 Å². The Kier molecular flexibility index (Phi) is 4.02. The van der Waals surface area contributed by atoms with Gasteiger partial charge in [-0.2, -0.15) is 0 Å². The lowest BCUT2D eigenvalue weighted by Crippen LogP contribution is -2.36. The van der Waals surface area contributed by atoms with E-state index in [1.807, 2.05) is 6.92 Å². The van der Waals surface area contributed by atoms with Gasteiger partial charge in [-0.1, -0.05) is 6.92 Å². The molecule has 6 heteroatoms. The first-order chi connectivity index (χ1) is 9.51. The number of anilines is 1. The van der Waals surface area contributed by atoms with Gasteiger partial charge in [0.25, 0.3) is 5.91 Å². The third-order valence-corrected chi connectivity index (χ3v) is 3.06. The van der Waals surface area contributed by atoms with Crippen molar-refractivity contribution in [2.75, 3.05) is 5.32 Å². The maximum absolute atomic E-state index is 11.8. The molecular formula is C14H15NO5. The zero-order valence-corrected chi connectivity index (χ0v) is 11.0. The number of carboxylic acids is 1. The van der Waals surface area contributed by atoms with Gasteiger partial charge in [-0.15, -0.1) is 0 Å². The van der Waals surface area contributed by atoms with Gasteiger partial charge >= 0.3 is 5.97 Å². The second-order valence-corrected chi connectivity index (χ2v) is 4.53. The average Bonchev–Trinajstić information content (AvgIpc) is 2.43. The average molecular weight is 277 g/mol. The Morgan fingerprint density at radius 3 is 2.75 bits per heavy atom. The fourth-order valence-corrected chi connectivity index (χ4v) is 1.96. The highest BCUT2D eigenvalue weighted by atomic mass is 16.5. The van der Waals surface area contributed by atoms with Crippen molar-refractivity contribution in [2.24, 2.45) is 0 Å². The van der Waals surface area contributed by atoms with Gasteiger partial charge in [-0.05, 0) is 24.6 Å². The quantitative estimate of drug-likeness (QED) is 0.801. The monoisotopic (exact) mass is 277 g/mol. The first kappa shape index (κ1) is 14.0. The van der Waals surface area contributed by atoms with E-state index in [0.717, 1.165) is 0 Å². The summed E-state index contributed by atoms with van der Waals surface area (Å²) < 4.78 is 5.51. The van der Waals surface area contributed by atoms with Gasteiger partial charge in [-0.25, -0.2) is 0 Å². The van der Waals surface area contributed by atoms with Crippen LogP contribution >= 0.6 is 0 Å². The van der Waals surface area contributed by atoms with E-state index in [1.54, 1.807) is 12.1 Å². The zero-order chi connectivity index (χ0) is 14.7. The first-order valence-corrected chi connectivity index (χ1v) is 6.37. The van der Waals surface area contributed by atoms with Crippen molar-refractivity contribution in [3.8, 4) is 5.75 Å². The molecule has 0 saturated carbocycles. The number of nitrogens with one attached hydrogen (secondary N) is 1. The van der Waals surface area contributed by atoms with E-state index in [2.05, 4.69) is 5.32 Å². The van der Waals surface area contributed by atoms with Crippen molar-refractivity contribution in [1.82, 2.24) is 0 Å². The number of hydrogen-bond donors (Lipinski definition) is 2. The van der Waals surface area contributed by atoms with Crippen LogP contribution in [0.25, 0.3) is 0 Å². The molecular weight excluding hydrogens is 262 g/mol. The molecule has 2 rings (SSSR count). The summed E-state index contributed by atoms with van der Waals surface area (Å²) in [5.74, 6) is -1.01. The standard InChI is InChI=1S/C14H15NO5/c1-2-11-14(19)15-9-7-8(3-5-12(9)20-11)10(16)4-6-13(17)18/h3,5,7,11H,2,4,6H2,1H3,(H,15,19)(H,17,18). The van der Waals surface area contributed by atoms with Crippen LogP contribution in [-0.2, 0) is 9.59 Å². The van der Waals surface area contributed by atoms with Crippen LogP contribution in [0.5, 0.6) is 5.75 Å². The molecule has 106 valence electrons. The van der Waals surface area contributed by atoms with E-state index in [9.17, 15) is 14.4 Å². The van der Waals surface area contributed by atoms with Crippen LogP contribution in [0.4, 0.5) is 5.69 Å². The number of carbonyl (C=O) groups is 3. The minimum atomic E-state index is -1.02. The molecule has 2 N–H and O–H groups in total. The van der Waals surface area contributed by atoms with Crippen LogP contribution in [0.2, 0.25) is 0 Å². The van der Waals surface area contributed by atoms with Crippen molar-refractivity contribution in [1.29, 1.82) is 0 Å². The molecule has 0 saturated heterocycles. The fraction of sp³-hybridized carbons (Fsp3) is 0.357. The van der Waals surface area contributed by atoms with E-state index < -0.39 is 12.1 Å². The highest BCUT2D eigenvalue weighted by molar-refractivity contribution is 6.02. The minimum absolute atomic E-state index is 0.0689. The molecule has 1 amide bonds.